The van der Waals surface area contributed by atoms with Crippen LogP contribution in [0.4, 0.5) is 0 Å². The lowest BCUT2D eigenvalue weighted by Gasteiger charge is -2.17. The van der Waals surface area contributed by atoms with E-state index in [2.05, 4.69) is 24.1 Å². The van der Waals surface area contributed by atoms with Crippen LogP contribution in [0.3, 0.4) is 0 Å². The van der Waals surface area contributed by atoms with Crippen molar-refractivity contribution in [3.8, 4) is 0 Å². The third kappa shape index (κ3) is 3.38. The highest BCUT2D eigenvalue weighted by molar-refractivity contribution is 7.18. The Morgan fingerprint density at radius 1 is 1.54 bits per heavy atom. The van der Waals surface area contributed by atoms with Gasteiger partial charge in [0.1, 0.15) is 11.4 Å². The molecular formula is C18H25N3O2S. The van der Waals surface area contributed by atoms with Crippen molar-refractivity contribution in [3.05, 3.63) is 27.1 Å². The fourth-order valence-electron chi connectivity index (χ4n) is 3.46. The Kier molecular flexibility index (Phi) is 5.04. The van der Waals surface area contributed by atoms with Gasteiger partial charge in [-0.1, -0.05) is 20.3 Å². The summed E-state index contributed by atoms with van der Waals surface area (Å²) >= 11 is 1.64. The largest absolute Gasteiger partial charge is 0.352 e. The van der Waals surface area contributed by atoms with Crippen LogP contribution in [0.15, 0.2) is 11.1 Å². The number of nitrogens with zero attached hydrogens (tertiary/aromatic N) is 2. The predicted molar refractivity (Wildman–Crippen MR) is 97.6 cm³/mol. The van der Waals surface area contributed by atoms with Crippen molar-refractivity contribution in [3.63, 3.8) is 0 Å². The van der Waals surface area contributed by atoms with Crippen LogP contribution in [0.2, 0.25) is 0 Å². The number of hydrogen-bond acceptors (Lipinski definition) is 4. The maximum Gasteiger partial charge on any atom is 0.262 e. The van der Waals surface area contributed by atoms with Crippen molar-refractivity contribution in [1.82, 2.24) is 14.9 Å². The topological polar surface area (TPSA) is 64.0 Å². The highest BCUT2D eigenvalue weighted by atomic mass is 32.1. The van der Waals surface area contributed by atoms with Crippen LogP contribution >= 0.6 is 11.3 Å². The molecular weight excluding hydrogens is 322 g/mol. The molecule has 24 heavy (non-hydrogen) atoms. The van der Waals surface area contributed by atoms with Crippen molar-refractivity contribution in [2.24, 2.45) is 5.92 Å². The zero-order chi connectivity index (χ0) is 17.3. The summed E-state index contributed by atoms with van der Waals surface area (Å²) in [6, 6.07) is 0.130. The van der Waals surface area contributed by atoms with E-state index in [1.807, 2.05) is 6.92 Å². The van der Waals surface area contributed by atoms with Crippen LogP contribution in [0, 0.1) is 5.92 Å². The van der Waals surface area contributed by atoms with E-state index >= 15 is 0 Å². The number of aromatic nitrogens is 2. The standard InChI is InChI=1S/C18H25N3O2S/c1-4-5-12(3)20-15(22)9-21-10-19-17-16(18(21)23)13-7-6-11(2)8-14(13)24-17/h10-12H,4-9H2,1-3H3,(H,20,22). The summed E-state index contributed by atoms with van der Waals surface area (Å²) in [7, 11) is 0. The molecule has 0 spiro atoms. The summed E-state index contributed by atoms with van der Waals surface area (Å²) in [5, 5.41) is 3.68. The zero-order valence-corrected chi connectivity index (χ0v) is 15.4. The van der Waals surface area contributed by atoms with Crippen molar-refractivity contribution in [2.45, 2.75) is 65.5 Å². The molecule has 1 amide bonds. The second-order valence-electron chi connectivity index (χ2n) is 6.97. The molecule has 0 saturated carbocycles. The number of carbonyl (C=O) groups excluding carboxylic acids is 1. The van der Waals surface area contributed by atoms with Gasteiger partial charge in [-0.05, 0) is 44.1 Å². The van der Waals surface area contributed by atoms with Gasteiger partial charge in [-0.25, -0.2) is 4.98 Å². The van der Waals surface area contributed by atoms with Gasteiger partial charge in [0.2, 0.25) is 5.91 Å². The van der Waals surface area contributed by atoms with Gasteiger partial charge in [0.05, 0.1) is 11.7 Å². The van der Waals surface area contributed by atoms with Crippen molar-refractivity contribution < 1.29 is 4.79 Å². The van der Waals surface area contributed by atoms with E-state index < -0.39 is 0 Å². The second-order valence-corrected chi connectivity index (χ2v) is 8.05. The number of hydrogen-bond donors (Lipinski definition) is 1. The quantitative estimate of drug-likeness (QED) is 0.904. The third-order valence-electron chi connectivity index (χ3n) is 4.73. The first-order chi connectivity index (χ1) is 11.5. The van der Waals surface area contributed by atoms with Crippen LogP contribution in [-0.2, 0) is 24.2 Å². The molecule has 2 unspecified atom stereocenters. The van der Waals surface area contributed by atoms with Gasteiger partial charge in [-0.3, -0.25) is 14.2 Å². The Hall–Kier alpha value is -1.69. The summed E-state index contributed by atoms with van der Waals surface area (Å²) in [5.74, 6) is 0.538. The molecule has 6 heteroatoms. The molecule has 2 atom stereocenters. The lowest BCUT2D eigenvalue weighted by Crippen LogP contribution is -2.37. The predicted octanol–water partition coefficient (Wildman–Crippen LogP) is 2.89. The first-order valence-corrected chi connectivity index (χ1v) is 9.60. The second kappa shape index (κ2) is 7.05. The Bertz CT molecular complexity index is 808. The first-order valence-electron chi connectivity index (χ1n) is 8.78. The molecule has 0 radical (unpaired) electrons. The molecule has 2 heterocycles. The lowest BCUT2D eigenvalue weighted by molar-refractivity contribution is -0.122. The molecule has 0 aliphatic heterocycles. The third-order valence-corrected chi connectivity index (χ3v) is 5.89. The van der Waals surface area contributed by atoms with Crippen molar-refractivity contribution in [2.75, 3.05) is 0 Å². The minimum Gasteiger partial charge on any atom is -0.352 e. The smallest absolute Gasteiger partial charge is 0.262 e. The number of fused-ring (bicyclic) bond motifs is 3. The van der Waals surface area contributed by atoms with Gasteiger partial charge in [-0.15, -0.1) is 11.3 Å². The van der Waals surface area contributed by atoms with E-state index in [0.717, 1.165) is 42.3 Å². The summed E-state index contributed by atoms with van der Waals surface area (Å²) in [5.41, 5.74) is 1.09. The Morgan fingerprint density at radius 2 is 2.33 bits per heavy atom. The molecule has 5 nitrogen and oxygen atoms in total. The summed E-state index contributed by atoms with van der Waals surface area (Å²) in [6.45, 7) is 6.37. The maximum absolute atomic E-state index is 12.8. The Labute approximate surface area is 146 Å². The van der Waals surface area contributed by atoms with Crippen LogP contribution in [0.5, 0.6) is 0 Å². The van der Waals surface area contributed by atoms with Gasteiger partial charge in [0.25, 0.3) is 5.56 Å². The van der Waals surface area contributed by atoms with Gasteiger partial charge >= 0.3 is 0 Å². The molecule has 1 N–H and O–H groups in total. The average Bonchev–Trinajstić information content (AvgIpc) is 2.88. The van der Waals surface area contributed by atoms with Crippen LogP contribution in [-0.4, -0.2) is 21.5 Å². The monoisotopic (exact) mass is 347 g/mol. The summed E-state index contributed by atoms with van der Waals surface area (Å²) < 4.78 is 1.45. The number of thiophene rings is 1. The van der Waals surface area contributed by atoms with Crippen LogP contribution in [0.1, 0.15) is 50.5 Å². The molecule has 0 aromatic carbocycles. The fraction of sp³-hybridized carbons (Fsp3) is 0.611. The van der Waals surface area contributed by atoms with Crippen molar-refractivity contribution >= 4 is 27.5 Å². The van der Waals surface area contributed by atoms with Gasteiger partial charge in [-0.2, -0.15) is 0 Å². The van der Waals surface area contributed by atoms with E-state index in [9.17, 15) is 9.59 Å². The average molecular weight is 347 g/mol. The first kappa shape index (κ1) is 17.1. The van der Waals surface area contributed by atoms with Crippen LogP contribution in [0.25, 0.3) is 10.2 Å². The molecule has 0 fully saturated rings. The van der Waals surface area contributed by atoms with E-state index in [-0.39, 0.29) is 24.1 Å². The molecule has 2 aromatic rings. The normalized spacial score (nSPS) is 18.4. The summed E-state index contributed by atoms with van der Waals surface area (Å²) in [4.78, 5) is 31.6. The van der Waals surface area contributed by atoms with E-state index in [0.29, 0.717) is 5.92 Å². The lowest BCUT2D eigenvalue weighted by atomic mass is 9.89. The minimum absolute atomic E-state index is 0.0385. The van der Waals surface area contributed by atoms with E-state index in [1.54, 1.807) is 11.3 Å². The Balaban J connectivity index is 1.86. The van der Waals surface area contributed by atoms with E-state index in [4.69, 9.17) is 0 Å². The Morgan fingerprint density at radius 3 is 3.08 bits per heavy atom. The molecule has 3 rings (SSSR count). The number of nitrogens with one attached hydrogen (secondary N) is 1. The molecule has 130 valence electrons. The summed E-state index contributed by atoms with van der Waals surface area (Å²) in [6.07, 6.45) is 6.56. The minimum atomic E-state index is -0.128. The number of aryl methyl sites for hydroxylation is 1. The molecule has 2 aromatic heterocycles. The number of carbonyl (C=O) groups is 1. The van der Waals surface area contributed by atoms with Gasteiger partial charge in [0.15, 0.2) is 0 Å². The molecule has 1 aliphatic rings. The number of rotatable bonds is 5. The zero-order valence-electron chi connectivity index (χ0n) is 14.6. The SMILES string of the molecule is CCCC(C)NC(=O)Cn1cnc2sc3c(c2c1=O)CCC(C)C3. The molecule has 0 saturated heterocycles. The molecule has 1 aliphatic carbocycles. The maximum atomic E-state index is 12.8. The number of amides is 1. The highest BCUT2D eigenvalue weighted by Gasteiger charge is 2.23. The van der Waals surface area contributed by atoms with Crippen molar-refractivity contribution in [1.29, 1.82) is 0 Å². The van der Waals surface area contributed by atoms with Crippen LogP contribution < -0.4 is 10.9 Å². The fourth-order valence-corrected chi connectivity index (χ4v) is 4.80. The van der Waals surface area contributed by atoms with Gasteiger partial charge < -0.3 is 5.32 Å². The van der Waals surface area contributed by atoms with Gasteiger partial charge in [0, 0.05) is 10.9 Å². The van der Waals surface area contributed by atoms with E-state index in [1.165, 1.54) is 21.3 Å². The highest BCUT2D eigenvalue weighted by Crippen LogP contribution is 2.35. The molecule has 0 bridgehead atoms.